The third-order valence-corrected chi connectivity index (χ3v) is 1.22. The molecule has 1 rings (SSSR count). The standard InChI is InChI=1S/C5H8O2.C3H6N6/c1-4(2)5(6)7-3;4-1-7-2(5)9-3(6)8-1/h1H2,2-3H3;(H6,4,5,6,7,8,9). The van der Waals surface area contributed by atoms with Crippen LogP contribution in [0.4, 0.5) is 17.8 Å². The van der Waals surface area contributed by atoms with E-state index in [1.54, 1.807) is 6.92 Å². The lowest BCUT2D eigenvalue weighted by atomic mass is 10.4. The van der Waals surface area contributed by atoms with E-state index in [2.05, 4.69) is 26.3 Å². The number of esters is 1. The second-order valence-electron chi connectivity index (χ2n) is 2.68. The van der Waals surface area contributed by atoms with Crippen molar-refractivity contribution < 1.29 is 9.53 Å². The van der Waals surface area contributed by atoms with E-state index >= 15 is 0 Å². The number of nitrogens with zero attached hydrogens (tertiary/aromatic N) is 3. The van der Waals surface area contributed by atoms with Crippen molar-refractivity contribution in [2.75, 3.05) is 24.3 Å². The van der Waals surface area contributed by atoms with Gasteiger partial charge in [-0.3, -0.25) is 0 Å². The Morgan fingerprint density at radius 3 is 1.56 bits per heavy atom. The number of nitrogen functional groups attached to an aromatic ring is 3. The molecule has 0 saturated heterocycles. The third-order valence-electron chi connectivity index (χ3n) is 1.22. The van der Waals surface area contributed by atoms with Gasteiger partial charge in [-0.2, -0.15) is 15.0 Å². The van der Waals surface area contributed by atoms with Gasteiger partial charge in [-0.15, -0.1) is 0 Å². The van der Waals surface area contributed by atoms with E-state index in [0.717, 1.165) is 0 Å². The van der Waals surface area contributed by atoms with Gasteiger partial charge in [0.1, 0.15) is 0 Å². The van der Waals surface area contributed by atoms with Gasteiger partial charge in [0.05, 0.1) is 7.11 Å². The summed E-state index contributed by atoms with van der Waals surface area (Å²) in [5.41, 5.74) is 15.8. The molecular formula is C8H14N6O2. The van der Waals surface area contributed by atoms with Gasteiger partial charge in [0, 0.05) is 5.57 Å². The van der Waals surface area contributed by atoms with Gasteiger partial charge in [0.2, 0.25) is 17.8 Å². The maximum Gasteiger partial charge on any atom is 0.332 e. The first kappa shape index (κ1) is 13.6. The van der Waals surface area contributed by atoms with Crippen LogP contribution in [0.25, 0.3) is 0 Å². The Hall–Kier alpha value is -2.38. The third kappa shape index (κ3) is 5.37. The molecule has 1 aromatic heterocycles. The van der Waals surface area contributed by atoms with Gasteiger partial charge >= 0.3 is 5.97 Å². The summed E-state index contributed by atoms with van der Waals surface area (Å²) in [7, 11) is 1.33. The van der Waals surface area contributed by atoms with Gasteiger partial charge in [-0.1, -0.05) is 6.58 Å². The molecule has 0 aromatic carbocycles. The largest absolute Gasteiger partial charge is 0.466 e. The molecule has 0 aliphatic carbocycles. The molecule has 0 atom stereocenters. The number of hydrogen-bond acceptors (Lipinski definition) is 8. The summed E-state index contributed by atoms with van der Waals surface area (Å²) in [6.45, 7) is 4.95. The summed E-state index contributed by atoms with van der Waals surface area (Å²) in [5, 5.41) is 0. The number of aromatic nitrogens is 3. The van der Waals surface area contributed by atoms with E-state index in [1.807, 2.05) is 0 Å². The normalized spacial score (nSPS) is 8.62. The van der Waals surface area contributed by atoms with Crippen LogP contribution in [0.15, 0.2) is 12.2 Å². The second-order valence-corrected chi connectivity index (χ2v) is 2.68. The molecule has 0 saturated carbocycles. The summed E-state index contributed by atoms with van der Waals surface area (Å²) >= 11 is 0. The average molecular weight is 226 g/mol. The molecular weight excluding hydrogens is 212 g/mol. The Labute approximate surface area is 92.5 Å². The van der Waals surface area contributed by atoms with E-state index < -0.39 is 0 Å². The van der Waals surface area contributed by atoms with Crippen LogP contribution >= 0.6 is 0 Å². The van der Waals surface area contributed by atoms with Crippen LogP contribution in [0.2, 0.25) is 0 Å². The number of carbonyl (C=O) groups excluding carboxylic acids is 1. The number of methoxy groups -OCH3 is 1. The van der Waals surface area contributed by atoms with Crippen LogP contribution in [0.5, 0.6) is 0 Å². The zero-order valence-electron chi connectivity index (χ0n) is 9.10. The Kier molecular flexibility index (Phi) is 5.25. The first-order chi connectivity index (χ1) is 7.36. The van der Waals surface area contributed by atoms with Crippen molar-refractivity contribution in [1.29, 1.82) is 0 Å². The molecule has 8 nitrogen and oxygen atoms in total. The highest BCUT2D eigenvalue weighted by molar-refractivity contribution is 5.86. The first-order valence-electron chi connectivity index (χ1n) is 4.13. The van der Waals surface area contributed by atoms with Crippen LogP contribution in [0.3, 0.4) is 0 Å². The lowest BCUT2D eigenvalue weighted by Gasteiger charge is -1.93. The van der Waals surface area contributed by atoms with Gasteiger partial charge in [0.25, 0.3) is 0 Å². The fourth-order valence-corrected chi connectivity index (χ4v) is 0.601. The van der Waals surface area contributed by atoms with E-state index in [4.69, 9.17) is 17.2 Å². The van der Waals surface area contributed by atoms with Gasteiger partial charge in [-0.05, 0) is 6.92 Å². The molecule has 0 amide bonds. The topological polar surface area (TPSA) is 143 Å². The molecule has 0 aliphatic rings. The molecule has 88 valence electrons. The highest BCUT2D eigenvalue weighted by Gasteiger charge is 1.95. The smallest absolute Gasteiger partial charge is 0.332 e. The van der Waals surface area contributed by atoms with Gasteiger partial charge in [0.15, 0.2) is 0 Å². The maximum atomic E-state index is 10.2. The summed E-state index contributed by atoms with van der Waals surface area (Å²) in [6, 6.07) is 0. The number of anilines is 3. The van der Waals surface area contributed by atoms with Crippen molar-refractivity contribution in [3.8, 4) is 0 Å². The fourth-order valence-electron chi connectivity index (χ4n) is 0.601. The van der Waals surface area contributed by atoms with Crippen molar-refractivity contribution in [1.82, 2.24) is 15.0 Å². The molecule has 0 fully saturated rings. The van der Waals surface area contributed by atoms with Crippen LogP contribution in [-0.4, -0.2) is 28.0 Å². The van der Waals surface area contributed by atoms with E-state index in [9.17, 15) is 4.79 Å². The number of hydrogen-bond donors (Lipinski definition) is 3. The van der Waals surface area contributed by atoms with E-state index in [1.165, 1.54) is 7.11 Å². The Morgan fingerprint density at radius 2 is 1.44 bits per heavy atom. The predicted molar refractivity (Wildman–Crippen MR) is 59.9 cm³/mol. The van der Waals surface area contributed by atoms with Gasteiger partial charge in [-0.25, -0.2) is 4.79 Å². The molecule has 1 aromatic rings. The SMILES string of the molecule is C=C(C)C(=O)OC.Nc1nc(N)nc(N)n1. The minimum atomic E-state index is -0.347. The van der Waals surface area contributed by atoms with E-state index in [-0.39, 0.29) is 23.8 Å². The summed E-state index contributed by atoms with van der Waals surface area (Å²) < 4.78 is 4.27. The second kappa shape index (κ2) is 6.17. The predicted octanol–water partition coefficient (Wildman–Crippen LogP) is -0.646. The van der Waals surface area contributed by atoms with Crippen molar-refractivity contribution in [2.24, 2.45) is 0 Å². The molecule has 8 heteroatoms. The summed E-state index contributed by atoms with van der Waals surface area (Å²) in [5.74, 6) is -0.222. The highest BCUT2D eigenvalue weighted by atomic mass is 16.5. The number of ether oxygens (including phenoxy) is 1. The van der Waals surface area contributed by atoms with Crippen LogP contribution < -0.4 is 17.2 Å². The molecule has 16 heavy (non-hydrogen) atoms. The van der Waals surface area contributed by atoms with Crippen molar-refractivity contribution in [2.45, 2.75) is 6.92 Å². The van der Waals surface area contributed by atoms with Gasteiger partial charge < -0.3 is 21.9 Å². The molecule has 0 radical (unpaired) electrons. The average Bonchev–Trinajstić information content (AvgIpc) is 2.15. The molecule has 6 N–H and O–H groups in total. The quantitative estimate of drug-likeness (QED) is 0.423. The molecule has 0 spiro atoms. The fraction of sp³-hybridized carbons (Fsp3) is 0.250. The zero-order valence-corrected chi connectivity index (χ0v) is 9.10. The van der Waals surface area contributed by atoms with Crippen LogP contribution in [0.1, 0.15) is 6.92 Å². The molecule has 1 heterocycles. The van der Waals surface area contributed by atoms with Crippen LogP contribution in [0, 0.1) is 0 Å². The zero-order chi connectivity index (χ0) is 12.7. The van der Waals surface area contributed by atoms with Crippen LogP contribution in [-0.2, 0) is 9.53 Å². The van der Waals surface area contributed by atoms with Crippen molar-refractivity contribution in [3.05, 3.63) is 12.2 Å². The summed E-state index contributed by atoms with van der Waals surface area (Å²) in [4.78, 5) is 20.7. The first-order valence-corrected chi connectivity index (χ1v) is 4.13. The monoisotopic (exact) mass is 226 g/mol. The lowest BCUT2D eigenvalue weighted by molar-refractivity contribution is -0.136. The Bertz CT molecular complexity index is 342. The number of carbonyl (C=O) groups is 1. The Morgan fingerprint density at radius 1 is 1.12 bits per heavy atom. The number of nitrogens with two attached hydrogens (primary N) is 3. The van der Waals surface area contributed by atoms with E-state index in [0.29, 0.717) is 5.57 Å². The minimum absolute atomic E-state index is 0.0417. The van der Waals surface area contributed by atoms with Crippen molar-refractivity contribution >= 4 is 23.8 Å². The Balaban J connectivity index is 0.000000293. The van der Waals surface area contributed by atoms with Crippen molar-refractivity contribution in [3.63, 3.8) is 0 Å². The molecule has 0 bridgehead atoms. The molecule has 0 unspecified atom stereocenters. The maximum absolute atomic E-state index is 10.2. The molecule has 0 aliphatic heterocycles. The summed E-state index contributed by atoms with van der Waals surface area (Å²) in [6.07, 6.45) is 0. The minimum Gasteiger partial charge on any atom is -0.466 e. The number of rotatable bonds is 1. The lowest BCUT2D eigenvalue weighted by Crippen LogP contribution is -2.05. The highest BCUT2D eigenvalue weighted by Crippen LogP contribution is 1.97.